The van der Waals surface area contributed by atoms with Crippen LogP contribution < -0.4 is 10.1 Å². The first-order valence-electron chi connectivity index (χ1n) is 7.95. The summed E-state index contributed by atoms with van der Waals surface area (Å²) in [5.74, 6) is 1.12. The van der Waals surface area contributed by atoms with Gasteiger partial charge < -0.3 is 10.1 Å². The Hall–Kier alpha value is -1.89. The van der Waals surface area contributed by atoms with Crippen LogP contribution in [0.1, 0.15) is 25.8 Å². The van der Waals surface area contributed by atoms with Gasteiger partial charge in [0.2, 0.25) is 5.91 Å². The molecule has 0 spiro atoms. The third kappa shape index (κ3) is 5.33. The summed E-state index contributed by atoms with van der Waals surface area (Å²) >= 11 is 3.46. The first-order valence-corrected chi connectivity index (χ1v) is 8.74. The molecule has 2 rings (SSSR count). The van der Waals surface area contributed by atoms with Crippen LogP contribution in [0.5, 0.6) is 5.75 Å². The molecule has 7 heteroatoms. The van der Waals surface area contributed by atoms with Gasteiger partial charge in [-0.2, -0.15) is 15.0 Å². The summed E-state index contributed by atoms with van der Waals surface area (Å²) in [4.78, 5) is 13.9. The Balaban J connectivity index is 1.87. The molecule has 0 saturated heterocycles. The number of aryl methyl sites for hydroxylation is 1. The molecule has 0 fully saturated rings. The van der Waals surface area contributed by atoms with Crippen LogP contribution in [0.4, 0.5) is 0 Å². The van der Waals surface area contributed by atoms with E-state index in [1.807, 2.05) is 18.2 Å². The van der Waals surface area contributed by atoms with Gasteiger partial charge in [0.1, 0.15) is 5.75 Å². The van der Waals surface area contributed by atoms with Crippen LogP contribution in [0, 0.1) is 5.92 Å². The van der Waals surface area contributed by atoms with Crippen LogP contribution in [0.2, 0.25) is 0 Å². The van der Waals surface area contributed by atoms with Crippen LogP contribution in [0.15, 0.2) is 35.1 Å². The van der Waals surface area contributed by atoms with E-state index in [0.29, 0.717) is 25.3 Å². The molecule has 0 bridgehead atoms. The largest absolute Gasteiger partial charge is 0.496 e. The van der Waals surface area contributed by atoms with Crippen molar-refractivity contribution in [3.63, 3.8) is 0 Å². The summed E-state index contributed by atoms with van der Waals surface area (Å²) in [6.45, 7) is 4.73. The van der Waals surface area contributed by atoms with E-state index in [1.165, 1.54) is 0 Å². The number of carbonyl (C=O) groups is 1. The zero-order valence-electron chi connectivity index (χ0n) is 14.2. The van der Waals surface area contributed by atoms with E-state index in [2.05, 4.69) is 45.3 Å². The minimum absolute atomic E-state index is 0.00695. The maximum atomic E-state index is 12.3. The molecule has 6 nitrogen and oxygen atoms in total. The van der Waals surface area contributed by atoms with Gasteiger partial charge in [-0.25, -0.2) is 0 Å². The maximum absolute atomic E-state index is 12.3. The number of carbonyl (C=O) groups excluding carboxylic acids is 1. The van der Waals surface area contributed by atoms with E-state index < -0.39 is 0 Å². The van der Waals surface area contributed by atoms with Gasteiger partial charge in [0.15, 0.2) is 0 Å². The third-order valence-corrected chi connectivity index (χ3v) is 4.45. The molecule has 130 valence electrons. The van der Waals surface area contributed by atoms with Gasteiger partial charge in [-0.05, 0) is 46.0 Å². The highest BCUT2D eigenvalue weighted by Crippen LogP contribution is 2.25. The van der Waals surface area contributed by atoms with Crippen molar-refractivity contribution in [3.8, 4) is 5.75 Å². The van der Waals surface area contributed by atoms with E-state index in [-0.39, 0.29) is 11.9 Å². The topological polar surface area (TPSA) is 69.0 Å². The molecular formula is C17H23BrN4O2. The van der Waals surface area contributed by atoms with Crippen LogP contribution in [0.25, 0.3) is 0 Å². The van der Waals surface area contributed by atoms with E-state index in [1.54, 1.807) is 24.3 Å². The average molecular weight is 395 g/mol. The molecule has 1 amide bonds. The number of rotatable bonds is 8. The van der Waals surface area contributed by atoms with E-state index in [9.17, 15) is 4.79 Å². The molecule has 24 heavy (non-hydrogen) atoms. The fourth-order valence-electron chi connectivity index (χ4n) is 2.34. The Morgan fingerprint density at radius 2 is 2.04 bits per heavy atom. The molecule has 1 unspecified atom stereocenters. The highest BCUT2D eigenvalue weighted by Gasteiger charge is 2.17. The van der Waals surface area contributed by atoms with E-state index in [0.717, 1.165) is 15.8 Å². The monoisotopic (exact) mass is 394 g/mol. The predicted octanol–water partition coefficient (Wildman–Crippen LogP) is 2.82. The predicted molar refractivity (Wildman–Crippen MR) is 95.8 cm³/mol. The molecule has 1 heterocycles. The van der Waals surface area contributed by atoms with Crippen molar-refractivity contribution < 1.29 is 9.53 Å². The van der Waals surface area contributed by atoms with Gasteiger partial charge in [-0.1, -0.05) is 19.9 Å². The fraction of sp³-hybridized carbons (Fsp3) is 0.471. The standard InChI is InChI=1S/C17H23BrN4O2/c1-12(2)15(11-22-19-8-9-20-22)21-17(23)7-5-13-4-6-16(24-3)14(18)10-13/h4,6,8-10,12,15H,5,7,11H2,1-3H3,(H,21,23). The van der Waals surface area contributed by atoms with Crippen molar-refractivity contribution in [2.45, 2.75) is 39.3 Å². The Morgan fingerprint density at radius 3 is 2.62 bits per heavy atom. The van der Waals surface area contributed by atoms with Gasteiger partial charge in [-0.15, -0.1) is 0 Å². The summed E-state index contributed by atoms with van der Waals surface area (Å²) < 4.78 is 6.11. The number of amides is 1. The molecule has 1 N–H and O–H groups in total. The Morgan fingerprint density at radius 1 is 1.33 bits per heavy atom. The second-order valence-electron chi connectivity index (χ2n) is 5.97. The fourth-order valence-corrected chi connectivity index (χ4v) is 2.93. The maximum Gasteiger partial charge on any atom is 0.220 e. The second kappa shape index (κ2) is 8.82. The smallest absolute Gasteiger partial charge is 0.220 e. The molecule has 0 aliphatic heterocycles. The van der Waals surface area contributed by atoms with E-state index in [4.69, 9.17) is 4.74 Å². The average Bonchev–Trinajstić information content (AvgIpc) is 3.05. The van der Waals surface area contributed by atoms with Gasteiger partial charge in [-0.3, -0.25) is 4.79 Å². The lowest BCUT2D eigenvalue weighted by molar-refractivity contribution is -0.122. The van der Waals surface area contributed by atoms with Crippen molar-refractivity contribution in [2.75, 3.05) is 7.11 Å². The number of benzene rings is 1. The van der Waals surface area contributed by atoms with Gasteiger partial charge in [0.05, 0.1) is 36.6 Å². The number of nitrogens with one attached hydrogen (secondary N) is 1. The molecule has 2 aromatic rings. The molecule has 0 aliphatic rings. The molecule has 1 aromatic carbocycles. The van der Waals surface area contributed by atoms with Crippen LogP contribution in [-0.4, -0.2) is 34.1 Å². The lowest BCUT2D eigenvalue weighted by Crippen LogP contribution is -2.42. The number of halogens is 1. The molecule has 0 radical (unpaired) electrons. The van der Waals surface area contributed by atoms with Crippen molar-refractivity contribution in [3.05, 3.63) is 40.6 Å². The summed E-state index contributed by atoms with van der Waals surface area (Å²) in [7, 11) is 1.63. The summed E-state index contributed by atoms with van der Waals surface area (Å²) in [5, 5.41) is 11.3. The van der Waals surface area contributed by atoms with Crippen molar-refractivity contribution in [2.24, 2.45) is 5.92 Å². The third-order valence-electron chi connectivity index (χ3n) is 3.83. The number of ether oxygens (including phenoxy) is 1. The number of nitrogens with zero attached hydrogens (tertiary/aromatic N) is 3. The number of methoxy groups -OCH3 is 1. The van der Waals surface area contributed by atoms with Crippen molar-refractivity contribution in [1.29, 1.82) is 0 Å². The van der Waals surface area contributed by atoms with Gasteiger partial charge >= 0.3 is 0 Å². The summed E-state index contributed by atoms with van der Waals surface area (Å²) in [6, 6.07) is 5.87. The minimum Gasteiger partial charge on any atom is -0.496 e. The summed E-state index contributed by atoms with van der Waals surface area (Å²) in [5.41, 5.74) is 1.09. The Kier molecular flexibility index (Phi) is 6.78. The number of hydrogen-bond acceptors (Lipinski definition) is 4. The molecular weight excluding hydrogens is 372 g/mol. The van der Waals surface area contributed by atoms with Crippen LogP contribution in [0.3, 0.4) is 0 Å². The van der Waals surface area contributed by atoms with Crippen LogP contribution in [-0.2, 0) is 17.8 Å². The lowest BCUT2D eigenvalue weighted by atomic mass is 10.0. The van der Waals surface area contributed by atoms with Gasteiger partial charge in [0.25, 0.3) is 0 Å². The summed E-state index contributed by atoms with van der Waals surface area (Å²) in [6.07, 6.45) is 4.40. The highest BCUT2D eigenvalue weighted by atomic mass is 79.9. The highest BCUT2D eigenvalue weighted by molar-refractivity contribution is 9.10. The Bertz CT molecular complexity index is 659. The molecule has 0 aliphatic carbocycles. The first kappa shape index (κ1) is 18.4. The Labute approximate surface area is 150 Å². The number of hydrogen-bond donors (Lipinski definition) is 1. The SMILES string of the molecule is COc1ccc(CCC(=O)NC(Cn2nccn2)C(C)C)cc1Br. The normalized spacial score (nSPS) is 12.2. The van der Waals surface area contributed by atoms with Gasteiger partial charge in [0, 0.05) is 6.42 Å². The van der Waals surface area contributed by atoms with Crippen molar-refractivity contribution in [1.82, 2.24) is 20.3 Å². The molecule has 0 saturated carbocycles. The minimum atomic E-state index is 0.00695. The zero-order valence-corrected chi connectivity index (χ0v) is 15.8. The zero-order chi connectivity index (χ0) is 17.5. The molecule has 1 aromatic heterocycles. The number of aromatic nitrogens is 3. The van der Waals surface area contributed by atoms with E-state index >= 15 is 0 Å². The van der Waals surface area contributed by atoms with Crippen molar-refractivity contribution >= 4 is 21.8 Å². The second-order valence-corrected chi connectivity index (χ2v) is 6.83. The molecule has 1 atom stereocenters. The first-order chi connectivity index (χ1) is 11.5. The quantitative estimate of drug-likeness (QED) is 0.747. The van der Waals surface area contributed by atoms with Crippen LogP contribution >= 0.6 is 15.9 Å². The lowest BCUT2D eigenvalue weighted by Gasteiger charge is -2.21.